The van der Waals surface area contributed by atoms with Crippen molar-refractivity contribution in [2.75, 3.05) is 18.6 Å². The topological polar surface area (TPSA) is 61.3 Å². The van der Waals surface area contributed by atoms with E-state index in [1.54, 1.807) is 0 Å². The molecule has 0 aliphatic heterocycles. The molecule has 1 aliphatic carbocycles. The Morgan fingerprint density at radius 3 is 2.50 bits per heavy atom. The summed E-state index contributed by atoms with van der Waals surface area (Å²) in [5, 5.41) is 12.8. The molecule has 1 heterocycles. The molecule has 5 heteroatoms. The van der Waals surface area contributed by atoms with Gasteiger partial charge in [-0.05, 0) is 26.7 Å². The first kappa shape index (κ1) is 13.2. The molecule has 1 saturated carbocycles. The molecule has 18 heavy (non-hydrogen) atoms. The zero-order valence-electron chi connectivity index (χ0n) is 11.3. The third-order valence-electron chi connectivity index (χ3n) is 3.46. The van der Waals surface area contributed by atoms with Gasteiger partial charge in [0.05, 0.1) is 12.1 Å². The van der Waals surface area contributed by atoms with Crippen LogP contribution in [0.4, 0.5) is 5.95 Å². The highest BCUT2D eigenvalue weighted by atomic mass is 16.3. The Balaban J connectivity index is 1.97. The van der Waals surface area contributed by atoms with Crippen molar-refractivity contribution in [1.29, 1.82) is 0 Å². The van der Waals surface area contributed by atoms with Crippen LogP contribution in [0.1, 0.15) is 32.3 Å². The monoisotopic (exact) mass is 250 g/mol. The van der Waals surface area contributed by atoms with Crippen LogP contribution in [0.2, 0.25) is 0 Å². The van der Waals surface area contributed by atoms with Crippen LogP contribution in [0.5, 0.6) is 0 Å². The van der Waals surface area contributed by atoms with Crippen molar-refractivity contribution in [3.63, 3.8) is 0 Å². The minimum Gasteiger partial charge on any atom is -0.394 e. The second kappa shape index (κ2) is 5.20. The number of anilines is 1. The quantitative estimate of drug-likeness (QED) is 0.786. The van der Waals surface area contributed by atoms with Crippen LogP contribution in [0.3, 0.4) is 0 Å². The average Bonchev–Trinajstić information content (AvgIpc) is 3.20. The van der Waals surface area contributed by atoms with Gasteiger partial charge in [-0.25, -0.2) is 9.97 Å². The van der Waals surface area contributed by atoms with Crippen molar-refractivity contribution in [2.45, 2.75) is 44.8 Å². The van der Waals surface area contributed by atoms with Gasteiger partial charge in [-0.1, -0.05) is 0 Å². The summed E-state index contributed by atoms with van der Waals surface area (Å²) in [7, 11) is 1.90. The van der Waals surface area contributed by atoms with E-state index in [0.29, 0.717) is 12.0 Å². The van der Waals surface area contributed by atoms with E-state index in [1.807, 2.05) is 38.2 Å². The molecular formula is C13H22N4O. The molecular weight excluding hydrogens is 228 g/mol. The number of aromatic nitrogens is 2. The molecule has 100 valence electrons. The number of rotatable bonds is 6. The summed E-state index contributed by atoms with van der Waals surface area (Å²) in [6, 6.07) is 0.695. The smallest absolute Gasteiger partial charge is 0.225 e. The SMILES string of the molecule is CN(c1ncc(CNC2CC2)cn1)C(C)(C)CO. The van der Waals surface area contributed by atoms with E-state index in [1.165, 1.54) is 12.8 Å². The standard InChI is InChI=1S/C13H22N4O/c1-13(2,9-18)17(3)12-15-7-10(8-16-12)6-14-11-4-5-11/h7-8,11,14,18H,4-6,9H2,1-3H3. The van der Waals surface area contributed by atoms with Crippen LogP contribution in [0.25, 0.3) is 0 Å². The molecule has 1 fully saturated rings. The zero-order chi connectivity index (χ0) is 13.2. The van der Waals surface area contributed by atoms with Crippen molar-refractivity contribution >= 4 is 5.95 Å². The number of nitrogens with zero attached hydrogens (tertiary/aromatic N) is 3. The lowest BCUT2D eigenvalue weighted by molar-refractivity contribution is 0.215. The zero-order valence-corrected chi connectivity index (χ0v) is 11.3. The Hall–Kier alpha value is -1.20. The fourth-order valence-corrected chi connectivity index (χ4v) is 1.54. The highest BCUT2D eigenvalue weighted by Crippen LogP contribution is 2.20. The van der Waals surface area contributed by atoms with E-state index in [-0.39, 0.29) is 12.1 Å². The predicted octanol–water partition coefficient (Wildman–Crippen LogP) is 0.936. The van der Waals surface area contributed by atoms with Crippen molar-refractivity contribution in [2.24, 2.45) is 0 Å². The fourth-order valence-electron chi connectivity index (χ4n) is 1.54. The minimum absolute atomic E-state index is 0.0673. The van der Waals surface area contributed by atoms with Crippen molar-refractivity contribution in [3.8, 4) is 0 Å². The van der Waals surface area contributed by atoms with Crippen LogP contribution in [-0.2, 0) is 6.54 Å². The van der Waals surface area contributed by atoms with Gasteiger partial charge in [-0.2, -0.15) is 0 Å². The van der Waals surface area contributed by atoms with Crippen molar-refractivity contribution < 1.29 is 5.11 Å². The summed E-state index contributed by atoms with van der Waals surface area (Å²) in [5.41, 5.74) is 0.745. The van der Waals surface area contributed by atoms with E-state index < -0.39 is 0 Å². The van der Waals surface area contributed by atoms with Gasteiger partial charge in [0.15, 0.2) is 0 Å². The van der Waals surface area contributed by atoms with Gasteiger partial charge in [0.1, 0.15) is 0 Å². The Bertz CT molecular complexity index is 386. The second-order valence-electron chi connectivity index (χ2n) is 5.58. The number of nitrogens with one attached hydrogen (secondary N) is 1. The molecule has 0 radical (unpaired) electrons. The number of aliphatic hydroxyl groups is 1. The molecule has 0 spiro atoms. The van der Waals surface area contributed by atoms with E-state index in [4.69, 9.17) is 0 Å². The number of likely N-dealkylation sites (N-methyl/N-ethyl adjacent to an activating group) is 1. The van der Waals surface area contributed by atoms with Gasteiger partial charge in [-0.3, -0.25) is 0 Å². The lowest BCUT2D eigenvalue weighted by Crippen LogP contribution is -2.45. The number of hydrogen-bond donors (Lipinski definition) is 2. The average molecular weight is 250 g/mol. The predicted molar refractivity (Wildman–Crippen MR) is 71.5 cm³/mol. The Labute approximate surface area is 108 Å². The molecule has 0 saturated heterocycles. The lowest BCUT2D eigenvalue weighted by atomic mass is 10.1. The Morgan fingerprint density at radius 2 is 2.00 bits per heavy atom. The number of hydrogen-bond acceptors (Lipinski definition) is 5. The van der Waals surface area contributed by atoms with Crippen LogP contribution < -0.4 is 10.2 Å². The highest BCUT2D eigenvalue weighted by molar-refractivity contribution is 5.32. The van der Waals surface area contributed by atoms with E-state index in [0.717, 1.165) is 12.1 Å². The molecule has 0 bridgehead atoms. The maximum absolute atomic E-state index is 9.33. The molecule has 5 nitrogen and oxygen atoms in total. The van der Waals surface area contributed by atoms with Crippen molar-refractivity contribution in [1.82, 2.24) is 15.3 Å². The molecule has 2 N–H and O–H groups in total. The summed E-state index contributed by atoms with van der Waals surface area (Å²) in [6.45, 7) is 4.81. The highest BCUT2D eigenvalue weighted by Gasteiger charge is 2.24. The van der Waals surface area contributed by atoms with Gasteiger partial charge in [0, 0.05) is 37.6 Å². The third kappa shape index (κ3) is 3.17. The summed E-state index contributed by atoms with van der Waals surface area (Å²) >= 11 is 0. The maximum atomic E-state index is 9.33. The van der Waals surface area contributed by atoms with Gasteiger partial charge in [-0.15, -0.1) is 0 Å². The summed E-state index contributed by atoms with van der Waals surface area (Å²) in [6.07, 6.45) is 6.27. The van der Waals surface area contributed by atoms with Crippen molar-refractivity contribution in [3.05, 3.63) is 18.0 Å². The van der Waals surface area contributed by atoms with E-state index in [9.17, 15) is 5.11 Å². The van der Waals surface area contributed by atoms with E-state index in [2.05, 4.69) is 15.3 Å². The molecule has 0 amide bonds. The second-order valence-corrected chi connectivity index (χ2v) is 5.58. The Kier molecular flexibility index (Phi) is 3.82. The molecule has 1 aromatic heterocycles. The first-order chi connectivity index (χ1) is 8.53. The van der Waals surface area contributed by atoms with Crippen LogP contribution in [0.15, 0.2) is 12.4 Å². The van der Waals surface area contributed by atoms with E-state index >= 15 is 0 Å². The summed E-state index contributed by atoms with van der Waals surface area (Å²) in [5.74, 6) is 0.643. The minimum atomic E-state index is -0.353. The van der Waals surface area contributed by atoms with Gasteiger partial charge < -0.3 is 15.3 Å². The maximum Gasteiger partial charge on any atom is 0.225 e. The first-order valence-corrected chi connectivity index (χ1v) is 6.42. The number of aliphatic hydroxyl groups excluding tert-OH is 1. The third-order valence-corrected chi connectivity index (χ3v) is 3.46. The molecule has 0 atom stereocenters. The van der Waals surface area contributed by atoms with Gasteiger partial charge >= 0.3 is 0 Å². The lowest BCUT2D eigenvalue weighted by Gasteiger charge is -2.33. The normalized spacial score (nSPS) is 15.8. The fraction of sp³-hybridized carbons (Fsp3) is 0.692. The molecule has 0 aromatic carbocycles. The van der Waals surface area contributed by atoms with Gasteiger partial charge in [0.25, 0.3) is 0 Å². The summed E-state index contributed by atoms with van der Waals surface area (Å²) in [4.78, 5) is 10.6. The molecule has 1 aromatic rings. The molecule has 0 unspecified atom stereocenters. The van der Waals surface area contributed by atoms with Crippen LogP contribution >= 0.6 is 0 Å². The van der Waals surface area contributed by atoms with Gasteiger partial charge in [0.2, 0.25) is 5.95 Å². The first-order valence-electron chi connectivity index (χ1n) is 6.42. The van der Waals surface area contributed by atoms with Crippen LogP contribution in [-0.4, -0.2) is 40.3 Å². The Morgan fingerprint density at radius 1 is 1.39 bits per heavy atom. The molecule has 2 rings (SSSR count). The molecule has 1 aliphatic rings. The largest absolute Gasteiger partial charge is 0.394 e. The summed E-state index contributed by atoms with van der Waals surface area (Å²) < 4.78 is 0. The van der Waals surface area contributed by atoms with Crippen LogP contribution in [0, 0.1) is 0 Å².